The summed E-state index contributed by atoms with van der Waals surface area (Å²) in [6, 6.07) is 13.1. The van der Waals surface area contributed by atoms with Crippen LogP contribution in [0.25, 0.3) is 22.3 Å². The van der Waals surface area contributed by atoms with Crippen LogP contribution in [0.15, 0.2) is 59.4 Å². The van der Waals surface area contributed by atoms with Crippen molar-refractivity contribution in [1.82, 2.24) is 20.1 Å². The highest BCUT2D eigenvalue weighted by atomic mass is 16.5. The molecule has 140 valence electrons. The van der Waals surface area contributed by atoms with Crippen LogP contribution in [0.4, 0.5) is 11.6 Å². The molecule has 3 heterocycles. The van der Waals surface area contributed by atoms with Gasteiger partial charge in [0.25, 0.3) is 0 Å². The van der Waals surface area contributed by atoms with Crippen LogP contribution in [0, 0.1) is 6.92 Å². The van der Waals surface area contributed by atoms with Gasteiger partial charge in [0.2, 0.25) is 5.91 Å². The molecule has 8 heteroatoms. The van der Waals surface area contributed by atoms with Gasteiger partial charge in [-0.3, -0.25) is 9.78 Å². The van der Waals surface area contributed by atoms with Gasteiger partial charge in [-0.1, -0.05) is 17.3 Å². The number of benzene rings is 1. The van der Waals surface area contributed by atoms with Gasteiger partial charge in [0.15, 0.2) is 11.6 Å². The highest BCUT2D eigenvalue weighted by molar-refractivity contribution is 5.96. The number of carbonyl (C=O) groups excluding carboxylic acids is 1. The summed E-state index contributed by atoms with van der Waals surface area (Å²) in [5, 5.41) is 7.36. The van der Waals surface area contributed by atoms with Gasteiger partial charge in [0.05, 0.1) is 12.1 Å². The van der Waals surface area contributed by atoms with Gasteiger partial charge in [-0.05, 0) is 31.2 Å². The number of hydrogen-bond donors (Lipinski definition) is 1. The Hall–Kier alpha value is -3.81. The number of pyridine rings is 1. The van der Waals surface area contributed by atoms with Gasteiger partial charge in [-0.2, -0.15) is 0 Å². The molecule has 0 atom stereocenters. The summed E-state index contributed by atoms with van der Waals surface area (Å²) in [6.45, 7) is 1.86. The Labute approximate surface area is 161 Å². The Bertz CT molecular complexity index is 1130. The lowest BCUT2D eigenvalue weighted by Crippen LogP contribution is -2.31. The fourth-order valence-electron chi connectivity index (χ4n) is 2.87. The SMILES string of the molecule is Cc1cc(NC(=O)CN(C)c2nc(-c3cccnc3)nc3ccccc23)no1. The van der Waals surface area contributed by atoms with Gasteiger partial charge in [0, 0.05) is 36.5 Å². The predicted octanol–water partition coefficient (Wildman–Crippen LogP) is 3.06. The van der Waals surface area contributed by atoms with E-state index in [1.54, 1.807) is 30.3 Å². The van der Waals surface area contributed by atoms with Gasteiger partial charge >= 0.3 is 0 Å². The number of carbonyl (C=O) groups is 1. The average molecular weight is 374 g/mol. The Morgan fingerprint density at radius 3 is 2.79 bits per heavy atom. The summed E-state index contributed by atoms with van der Waals surface area (Å²) in [7, 11) is 1.81. The molecule has 4 rings (SSSR count). The smallest absolute Gasteiger partial charge is 0.245 e. The second kappa shape index (κ2) is 7.43. The molecule has 0 aliphatic carbocycles. The highest BCUT2D eigenvalue weighted by Gasteiger charge is 2.16. The molecule has 1 aromatic carbocycles. The minimum Gasteiger partial charge on any atom is -0.360 e. The fourth-order valence-corrected chi connectivity index (χ4v) is 2.87. The summed E-state index contributed by atoms with van der Waals surface area (Å²) < 4.78 is 4.97. The van der Waals surface area contributed by atoms with Crippen molar-refractivity contribution in [3.63, 3.8) is 0 Å². The first kappa shape index (κ1) is 17.6. The molecule has 28 heavy (non-hydrogen) atoms. The van der Waals surface area contributed by atoms with Crippen LogP contribution in [0.3, 0.4) is 0 Å². The minimum absolute atomic E-state index is 0.0966. The first-order valence-electron chi connectivity index (χ1n) is 8.71. The van der Waals surface area contributed by atoms with Crippen LogP contribution < -0.4 is 10.2 Å². The number of anilines is 2. The zero-order chi connectivity index (χ0) is 19.5. The maximum atomic E-state index is 12.4. The summed E-state index contributed by atoms with van der Waals surface area (Å²) >= 11 is 0. The lowest BCUT2D eigenvalue weighted by molar-refractivity contribution is -0.115. The number of amides is 1. The van der Waals surface area contributed by atoms with Crippen LogP contribution in [-0.2, 0) is 4.79 Å². The topological polar surface area (TPSA) is 97.0 Å². The van der Waals surface area contributed by atoms with Crippen molar-refractivity contribution >= 4 is 28.4 Å². The maximum Gasteiger partial charge on any atom is 0.245 e. The number of likely N-dealkylation sites (N-methyl/N-ethyl adjacent to an activating group) is 1. The van der Waals surface area contributed by atoms with Crippen molar-refractivity contribution in [2.24, 2.45) is 0 Å². The highest BCUT2D eigenvalue weighted by Crippen LogP contribution is 2.26. The van der Waals surface area contributed by atoms with Crippen LogP contribution in [-0.4, -0.2) is 39.6 Å². The van der Waals surface area contributed by atoms with E-state index in [9.17, 15) is 4.79 Å². The molecule has 0 saturated carbocycles. The largest absolute Gasteiger partial charge is 0.360 e. The van der Waals surface area contributed by atoms with Crippen LogP contribution in [0.5, 0.6) is 0 Å². The van der Waals surface area contributed by atoms with E-state index >= 15 is 0 Å². The molecule has 0 saturated heterocycles. The standard InChI is InChI=1S/C20H18N6O2/c1-13-10-17(25-28-13)23-18(27)12-26(2)20-15-7-3-4-8-16(15)22-19(24-20)14-6-5-9-21-11-14/h3-11H,12H2,1-2H3,(H,23,25,27). The van der Waals surface area contributed by atoms with Crippen molar-refractivity contribution < 1.29 is 9.32 Å². The molecule has 1 N–H and O–H groups in total. The number of nitrogens with zero attached hydrogens (tertiary/aromatic N) is 5. The number of fused-ring (bicyclic) bond motifs is 1. The molecule has 0 aliphatic rings. The number of hydrogen-bond acceptors (Lipinski definition) is 7. The van der Waals surface area contributed by atoms with E-state index in [0.29, 0.717) is 23.2 Å². The van der Waals surface area contributed by atoms with Crippen LogP contribution >= 0.6 is 0 Å². The summed E-state index contributed by atoms with van der Waals surface area (Å²) in [6.07, 6.45) is 3.42. The van der Waals surface area contributed by atoms with E-state index in [0.717, 1.165) is 16.5 Å². The number of aromatic nitrogens is 4. The number of nitrogens with one attached hydrogen (secondary N) is 1. The third-order valence-corrected chi connectivity index (χ3v) is 4.14. The van der Waals surface area contributed by atoms with Gasteiger partial charge in [-0.25, -0.2) is 9.97 Å². The van der Waals surface area contributed by atoms with E-state index in [1.807, 2.05) is 43.4 Å². The van der Waals surface area contributed by atoms with E-state index < -0.39 is 0 Å². The maximum absolute atomic E-state index is 12.4. The zero-order valence-electron chi connectivity index (χ0n) is 15.5. The number of rotatable bonds is 5. The summed E-state index contributed by atoms with van der Waals surface area (Å²) in [5.41, 5.74) is 1.61. The summed E-state index contributed by atoms with van der Waals surface area (Å²) in [4.78, 5) is 27.7. The Morgan fingerprint density at radius 1 is 1.18 bits per heavy atom. The first-order valence-corrected chi connectivity index (χ1v) is 8.71. The third kappa shape index (κ3) is 3.66. The monoisotopic (exact) mass is 374 g/mol. The van der Waals surface area contributed by atoms with E-state index in [4.69, 9.17) is 9.51 Å². The molecule has 8 nitrogen and oxygen atoms in total. The van der Waals surface area contributed by atoms with Crippen molar-refractivity contribution in [2.75, 3.05) is 23.8 Å². The fraction of sp³-hybridized carbons (Fsp3) is 0.150. The number of para-hydroxylation sites is 1. The van der Waals surface area contributed by atoms with Crippen LogP contribution in [0.1, 0.15) is 5.76 Å². The lowest BCUT2D eigenvalue weighted by atomic mass is 10.2. The second-order valence-electron chi connectivity index (χ2n) is 6.36. The van der Waals surface area contributed by atoms with Crippen molar-refractivity contribution in [3.8, 4) is 11.4 Å². The molecule has 4 aromatic rings. The van der Waals surface area contributed by atoms with E-state index in [1.165, 1.54) is 0 Å². The van der Waals surface area contributed by atoms with Crippen molar-refractivity contribution in [2.45, 2.75) is 6.92 Å². The third-order valence-electron chi connectivity index (χ3n) is 4.14. The number of aryl methyl sites for hydroxylation is 1. The summed E-state index contributed by atoms with van der Waals surface area (Å²) in [5.74, 6) is 2.02. The molecule has 0 unspecified atom stereocenters. The molecule has 0 aliphatic heterocycles. The molecule has 1 amide bonds. The molecule has 0 radical (unpaired) electrons. The molecular formula is C20H18N6O2. The molecule has 0 spiro atoms. The molecular weight excluding hydrogens is 356 g/mol. The lowest BCUT2D eigenvalue weighted by Gasteiger charge is -2.20. The Balaban J connectivity index is 1.65. The normalized spacial score (nSPS) is 10.8. The average Bonchev–Trinajstić information content (AvgIpc) is 3.12. The van der Waals surface area contributed by atoms with Crippen molar-refractivity contribution in [1.29, 1.82) is 0 Å². The Kier molecular flexibility index (Phi) is 4.67. The van der Waals surface area contributed by atoms with E-state index in [2.05, 4.69) is 20.4 Å². The van der Waals surface area contributed by atoms with Gasteiger partial charge in [0.1, 0.15) is 11.6 Å². The molecule has 3 aromatic heterocycles. The second-order valence-corrected chi connectivity index (χ2v) is 6.36. The molecule has 0 fully saturated rings. The predicted molar refractivity (Wildman–Crippen MR) is 106 cm³/mol. The minimum atomic E-state index is -0.221. The van der Waals surface area contributed by atoms with Crippen LogP contribution in [0.2, 0.25) is 0 Å². The quantitative estimate of drug-likeness (QED) is 0.573. The van der Waals surface area contributed by atoms with Crippen molar-refractivity contribution in [3.05, 3.63) is 60.6 Å². The Morgan fingerprint density at radius 2 is 2.04 bits per heavy atom. The molecule has 0 bridgehead atoms. The zero-order valence-corrected chi connectivity index (χ0v) is 15.5. The first-order chi connectivity index (χ1) is 13.6. The van der Waals surface area contributed by atoms with Gasteiger partial charge in [-0.15, -0.1) is 0 Å². The van der Waals surface area contributed by atoms with E-state index in [-0.39, 0.29) is 12.5 Å². The van der Waals surface area contributed by atoms with Gasteiger partial charge < -0.3 is 14.7 Å².